The third kappa shape index (κ3) is 1.68. The second-order valence-electron chi connectivity index (χ2n) is 3.88. The van der Waals surface area contributed by atoms with Gasteiger partial charge in [-0.2, -0.15) is 5.10 Å². The van der Waals surface area contributed by atoms with Crippen molar-refractivity contribution in [2.45, 2.75) is 0 Å². The minimum atomic E-state index is 0.644. The molecule has 1 aromatic carbocycles. The second kappa shape index (κ2) is 3.86. The summed E-state index contributed by atoms with van der Waals surface area (Å²) in [6, 6.07) is 9.67. The Hall–Kier alpha value is -1.87. The van der Waals surface area contributed by atoms with E-state index in [-0.39, 0.29) is 0 Å². The molecule has 0 amide bonds. The van der Waals surface area contributed by atoms with Crippen molar-refractivity contribution in [2.75, 3.05) is 0 Å². The third-order valence-corrected chi connectivity index (χ3v) is 2.97. The van der Waals surface area contributed by atoms with Crippen molar-refractivity contribution < 1.29 is 0 Å². The van der Waals surface area contributed by atoms with Crippen molar-refractivity contribution in [3.05, 3.63) is 47.7 Å². The number of hydrogen-bond acceptors (Lipinski definition) is 2. The Labute approximate surface area is 104 Å². The predicted molar refractivity (Wildman–Crippen MR) is 69.0 cm³/mol. The van der Waals surface area contributed by atoms with E-state index in [1.165, 1.54) is 0 Å². The van der Waals surface area contributed by atoms with Crippen LogP contribution in [0.4, 0.5) is 0 Å². The second-order valence-corrected chi connectivity index (χ2v) is 4.29. The van der Waals surface area contributed by atoms with Gasteiger partial charge in [0.05, 0.1) is 10.7 Å². The van der Waals surface area contributed by atoms with Crippen LogP contribution in [0.2, 0.25) is 5.02 Å². The van der Waals surface area contributed by atoms with Gasteiger partial charge in [-0.25, -0.2) is 0 Å². The van der Waals surface area contributed by atoms with Crippen LogP contribution in [0.5, 0.6) is 0 Å². The van der Waals surface area contributed by atoms with Crippen LogP contribution in [-0.2, 0) is 7.05 Å². The molecule has 3 rings (SSSR count). The Morgan fingerprint density at radius 2 is 2.06 bits per heavy atom. The lowest BCUT2D eigenvalue weighted by molar-refractivity contribution is 0.780. The van der Waals surface area contributed by atoms with Crippen LogP contribution in [0, 0.1) is 0 Å². The number of aryl methyl sites for hydroxylation is 1. The van der Waals surface area contributed by atoms with E-state index in [9.17, 15) is 0 Å². The summed E-state index contributed by atoms with van der Waals surface area (Å²) >= 11 is 6.17. The van der Waals surface area contributed by atoms with Crippen molar-refractivity contribution in [1.29, 1.82) is 0 Å². The molecular formula is C13H10ClN3. The third-order valence-electron chi connectivity index (χ3n) is 2.66. The number of rotatable bonds is 1. The minimum Gasteiger partial charge on any atom is -0.275 e. The molecule has 0 aliphatic rings. The summed E-state index contributed by atoms with van der Waals surface area (Å²) in [5.74, 6) is 0. The van der Waals surface area contributed by atoms with E-state index < -0.39 is 0 Å². The average molecular weight is 244 g/mol. The number of pyridine rings is 1. The Bertz CT molecular complexity index is 688. The summed E-state index contributed by atoms with van der Waals surface area (Å²) in [7, 11) is 1.91. The van der Waals surface area contributed by atoms with E-state index in [1.54, 1.807) is 10.9 Å². The molecule has 0 atom stereocenters. The summed E-state index contributed by atoms with van der Waals surface area (Å²) < 4.78 is 1.80. The summed E-state index contributed by atoms with van der Waals surface area (Å²) in [6.45, 7) is 0. The molecule has 0 radical (unpaired) electrons. The van der Waals surface area contributed by atoms with Crippen LogP contribution in [0.1, 0.15) is 0 Å². The molecule has 3 nitrogen and oxygen atoms in total. The lowest BCUT2D eigenvalue weighted by Gasteiger charge is -2.03. The largest absolute Gasteiger partial charge is 0.275 e. The van der Waals surface area contributed by atoms with Crippen molar-refractivity contribution >= 4 is 22.5 Å². The first-order valence-corrected chi connectivity index (χ1v) is 5.67. The number of halogens is 1. The Morgan fingerprint density at radius 1 is 1.18 bits per heavy atom. The quantitative estimate of drug-likeness (QED) is 0.657. The molecule has 2 heterocycles. The normalized spacial score (nSPS) is 10.9. The summed E-state index contributed by atoms with van der Waals surface area (Å²) in [6.07, 6.45) is 3.72. The van der Waals surface area contributed by atoms with E-state index in [0.717, 1.165) is 22.2 Å². The molecule has 0 saturated carbocycles. The van der Waals surface area contributed by atoms with Crippen molar-refractivity contribution in [2.24, 2.45) is 7.05 Å². The van der Waals surface area contributed by atoms with Gasteiger partial charge in [0.15, 0.2) is 0 Å². The topological polar surface area (TPSA) is 30.7 Å². The van der Waals surface area contributed by atoms with E-state index in [4.69, 9.17) is 11.6 Å². The zero-order chi connectivity index (χ0) is 11.8. The molecule has 0 N–H and O–H groups in total. The highest BCUT2D eigenvalue weighted by Crippen LogP contribution is 2.30. The maximum atomic E-state index is 6.17. The number of hydrogen-bond donors (Lipinski definition) is 0. The minimum absolute atomic E-state index is 0.644. The van der Waals surface area contributed by atoms with E-state index in [2.05, 4.69) is 10.1 Å². The number of aromatic nitrogens is 3. The number of nitrogens with zero attached hydrogens (tertiary/aromatic N) is 3. The summed E-state index contributed by atoms with van der Waals surface area (Å²) in [5, 5.41) is 6.18. The first-order chi connectivity index (χ1) is 8.25. The molecule has 3 aromatic rings. The molecule has 0 unspecified atom stereocenters. The van der Waals surface area contributed by atoms with Gasteiger partial charge in [0.1, 0.15) is 5.52 Å². The van der Waals surface area contributed by atoms with Crippen LogP contribution < -0.4 is 0 Å². The smallest absolute Gasteiger partial charge is 0.102 e. The fraction of sp³-hybridized carbons (Fsp3) is 0.0769. The molecule has 0 aliphatic heterocycles. The van der Waals surface area contributed by atoms with Gasteiger partial charge in [-0.3, -0.25) is 9.67 Å². The lowest BCUT2D eigenvalue weighted by atomic mass is 10.1. The maximum absolute atomic E-state index is 6.17. The molecule has 0 spiro atoms. The molecule has 0 bridgehead atoms. The Morgan fingerprint density at radius 3 is 2.88 bits per heavy atom. The van der Waals surface area contributed by atoms with Crippen LogP contribution >= 0.6 is 11.6 Å². The van der Waals surface area contributed by atoms with Gasteiger partial charge in [0.25, 0.3) is 0 Å². The fourth-order valence-corrected chi connectivity index (χ4v) is 2.16. The maximum Gasteiger partial charge on any atom is 0.102 e. The number of fused-ring (bicyclic) bond motifs is 1. The van der Waals surface area contributed by atoms with Gasteiger partial charge in [0.2, 0.25) is 0 Å². The predicted octanol–water partition coefficient (Wildman–Crippen LogP) is 3.29. The van der Waals surface area contributed by atoms with Gasteiger partial charge in [-0.1, -0.05) is 29.8 Å². The van der Waals surface area contributed by atoms with Gasteiger partial charge >= 0.3 is 0 Å². The molecule has 0 aliphatic carbocycles. The highest BCUT2D eigenvalue weighted by Gasteiger charge is 2.10. The summed E-state index contributed by atoms with van der Waals surface area (Å²) in [5.41, 5.74) is 2.67. The van der Waals surface area contributed by atoms with E-state index in [1.807, 2.05) is 43.6 Å². The first-order valence-electron chi connectivity index (χ1n) is 5.29. The Balaban J connectivity index is 2.34. The van der Waals surface area contributed by atoms with Crippen LogP contribution in [0.3, 0.4) is 0 Å². The molecule has 2 aromatic heterocycles. The SMILES string of the molecule is Cn1cc2cccc(-c3ncccc3Cl)c2n1. The number of benzene rings is 1. The van der Waals surface area contributed by atoms with Crippen LogP contribution in [0.25, 0.3) is 22.2 Å². The molecule has 0 fully saturated rings. The molecule has 0 saturated heterocycles. The summed E-state index contributed by atoms with van der Waals surface area (Å²) in [4.78, 5) is 4.33. The van der Waals surface area contributed by atoms with Crippen LogP contribution in [-0.4, -0.2) is 14.8 Å². The van der Waals surface area contributed by atoms with Crippen molar-refractivity contribution in [1.82, 2.24) is 14.8 Å². The highest BCUT2D eigenvalue weighted by atomic mass is 35.5. The van der Waals surface area contributed by atoms with Gasteiger partial charge in [-0.05, 0) is 12.1 Å². The zero-order valence-corrected chi connectivity index (χ0v) is 10.0. The van der Waals surface area contributed by atoms with Gasteiger partial charge in [-0.15, -0.1) is 0 Å². The van der Waals surface area contributed by atoms with Crippen molar-refractivity contribution in [3.8, 4) is 11.3 Å². The van der Waals surface area contributed by atoms with Gasteiger partial charge < -0.3 is 0 Å². The molecule has 17 heavy (non-hydrogen) atoms. The molecule has 84 valence electrons. The van der Waals surface area contributed by atoms with E-state index >= 15 is 0 Å². The fourth-order valence-electron chi connectivity index (χ4n) is 1.94. The molecular weight excluding hydrogens is 234 g/mol. The standard InChI is InChI=1S/C13H10ClN3/c1-17-8-9-4-2-5-10(12(9)16-17)13-11(14)6-3-7-15-13/h2-8H,1H3. The van der Waals surface area contributed by atoms with Crippen LogP contribution in [0.15, 0.2) is 42.7 Å². The van der Waals surface area contributed by atoms with Crippen molar-refractivity contribution in [3.63, 3.8) is 0 Å². The molecule has 4 heteroatoms. The Kier molecular flexibility index (Phi) is 2.34. The zero-order valence-electron chi connectivity index (χ0n) is 9.26. The van der Waals surface area contributed by atoms with E-state index in [0.29, 0.717) is 5.02 Å². The van der Waals surface area contributed by atoms with Gasteiger partial charge in [0, 0.05) is 30.4 Å². The highest BCUT2D eigenvalue weighted by molar-refractivity contribution is 6.33. The lowest BCUT2D eigenvalue weighted by Crippen LogP contribution is -1.88. The average Bonchev–Trinajstić information content (AvgIpc) is 2.70. The first kappa shape index (κ1) is 10.3. The monoisotopic (exact) mass is 243 g/mol.